The van der Waals surface area contributed by atoms with Crippen LogP contribution in [-0.4, -0.2) is 33.5 Å². The third kappa shape index (κ3) is 5.08. The third-order valence-electron chi connectivity index (χ3n) is 4.13. The smallest absolute Gasteiger partial charge is 0.285 e. The van der Waals surface area contributed by atoms with Gasteiger partial charge in [-0.1, -0.05) is 30.3 Å². The zero-order valence-corrected chi connectivity index (χ0v) is 18.2. The van der Waals surface area contributed by atoms with Crippen molar-refractivity contribution in [3.63, 3.8) is 0 Å². The van der Waals surface area contributed by atoms with Gasteiger partial charge in [0.2, 0.25) is 0 Å². The van der Waals surface area contributed by atoms with Crippen LogP contribution >= 0.6 is 23.0 Å². The highest BCUT2D eigenvalue weighted by Crippen LogP contribution is 2.54. The van der Waals surface area contributed by atoms with E-state index in [0.29, 0.717) is 35.1 Å². The zero-order chi connectivity index (χ0) is 24.6. The topological polar surface area (TPSA) is 46.6 Å². The van der Waals surface area contributed by atoms with E-state index in [1.165, 1.54) is 18.2 Å². The molecule has 178 valence electrons. The average Bonchev–Trinajstić information content (AvgIpc) is 2.65. The van der Waals surface area contributed by atoms with Gasteiger partial charge in [-0.2, -0.15) is 39.5 Å². The fourth-order valence-corrected chi connectivity index (χ4v) is 4.90. The number of hydrogen-bond donors (Lipinski definition) is 0. The van der Waals surface area contributed by atoms with Crippen LogP contribution in [0.1, 0.15) is 5.56 Å². The summed E-state index contributed by atoms with van der Waals surface area (Å²) >= 11 is 0.422. The van der Waals surface area contributed by atoms with Crippen molar-refractivity contribution in [2.24, 2.45) is 0 Å². The Morgan fingerprint density at radius 3 is 1.62 bits per heavy atom. The fourth-order valence-electron chi connectivity index (χ4n) is 2.68. The molecule has 0 aliphatic heterocycles. The molecule has 0 amide bonds. The Bertz CT molecular complexity index is 1010. The quantitative estimate of drug-likeness (QED) is 0.294. The van der Waals surface area contributed by atoms with E-state index in [2.05, 4.69) is 3.07 Å². The molecule has 2 rings (SSSR count). The van der Waals surface area contributed by atoms with E-state index in [4.69, 9.17) is 0 Å². The van der Waals surface area contributed by atoms with Crippen LogP contribution in [0.3, 0.4) is 0 Å². The molecule has 0 saturated carbocycles. The number of alkyl halides is 9. The molecule has 0 saturated heterocycles. The van der Waals surface area contributed by atoms with Crippen LogP contribution in [0.15, 0.2) is 59.5 Å². The molecule has 2 aromatic carbocycles. The molecular formula is C17H11F9INO3S. The first-order valence-corrected chi connectivity index (χ1v) is 10.5. The molecule has 0 heterocycles. The van der Waals surface area contributed by atoms with Gasteiger partial charge in [-0.15, -0.1) is 0 Å². The fraction of sp³-hybridized carbons (Fsp3) is 0.294. The van der Waals surface area contributed by atoms with Gasteiger partial charge in [0.25, 0.3) is 15.6 Å². The van der Waals surface area contributed by atoms with Gasteiger partial charge in [0.1, 0.15) is 29.6 Å². The van der Waals surface area contributed by atoms with Crippen molar-refractivity contribution >= 4 is 38.7 Å². The van der Waals surface area contributed by atoms with Gasteiger partial charge in [0.15, 0.2) is 0 Å². The molecule has 0 atom stereocenters. The number of halogens is 10. The molecule has 0 N–H and O–H groups in total. The number of hydrogen-bond acceptors (Lipinski definition) is 3. The van der Waals surface area contributed by atoms with Gasteiger partial charge < -0.3 is 0 Å². The van der Waals surface area contributed by atoms with E-state index in [1.807, 2.05) is 0 Å². The molecule has 0 aliphatic rings. The van der Waals surface area contributed by atoms with Crippen molar-refractivity contribution in [3.05, 3.63) is 60.2 Å². The molecule has 0 bridgehead atoms. The summed E-state index contributed by atoms with van der Waals surface area (Å²) in [5.41, 5.74) is -7.09. The Morgan fingerprint density at radius 2 is 1.25 bits per heavy atom. The molecule has 15 heteroatoms. The summed E-state index contributed by atoms with van der Waals surface area (Å²) in [6, 6.07) is 7.02. The van der Waals surface area contributed by atoms with Gasteiger partial charge in [-0.05, 0) is 24.3 Å². The maximum Gasteiger partial charge on any atom is 0.431 e. The minimum Gasteiger partial charge on any atom is -0.285 e. The van der Waals surface area contributed by atoms with Crippen molar-refractivity contribution in [1.29, 1.82) is 0 Å². The van der Waals surface area contributed by atoms with Crippen LogP contribution < -0.4 is 4.31 Å². The van der Waals surface area contributed by atoms with Crippen molar-refractivity contribution in [3.8, 4) is 0 Å². The molecule has 4 nitrogen and oxygen atoms in total. The van der Waals surface area contributed by atoms with Crippen molar-refractivity contribution < 1.29 is 51.0 Å². The Hall–Kier alpha value is -1.75. The van der Waals surface area contributed by atoms with Crippen molar-refractivity contribution in [2.45, 2.75) is 29.0 Å². The standard InChI is InChI=1S/C17H11F9INO3S/c18-14(19,20)10-28(32(29,30)13-4-2-1-3-5-13)12-8-6-11(7-9-12)15(31-27,16(21,22)23)17(24,25)26/h1-9H,10H2. The molecule has 32 heavy (non-hydrogen) atoms. The van der Waals surface area contributed by atoms with Gasteiger partial charge in [-0.3, -0.25) is 7.37 Å². The van der Waals surface area contributed by atoms with Gasteiger partial charge in [0.05, 0.1) is 10.6 Å². The lowest BCUT2D eigenvalue weighted by molar-refractivity contribution is -0.356. The molecule has 0 radical (unpaired) electrons. The highest BCUT2D eigenvalue weighted by Gasteiger charge is 2.73. The second kappa shape index (κ2) is 8.89. The first-order chi connectivity index (χ1) is 14.5. The van der Waals surface area contributed by atoms with Crippen molar-refractivity contribution in [1.82, 2.24) is 0 Å². The number of nitrogens with zero attached hydrogens (tertiary/aromatic N) is 1. The van der Waals surface area contributed by atoms with Crippen LogP contribution in [0, 0.1) is 0 Å². The lowest BCUT2D eigenvalue weighted by Gasteiger charge is -2.35. The first kappa shape index (κ1) is 26.5. The molecule has 0 unspecified atom stereocenters. The monoisotopic (exact) mass is 607 g/mol. The van der Waals surface area contributed by atoms with Crippen LogP contribution in [-0.2, 0) is 18.7 Å². The summed E-state index contributed by atoms with van der Waals surface area (Å²) in [4.78, 5) is -0.566. The second-order valence-corrected chi connectivity index (χ2v) is 8.54. The van der Waals surface area contributed by atoms with Gasteiger partial charge in [0, 0.05) is 5.56 Å². The van der Waals surface area contributed by atoms with E-state index < -0.39 is 56.8 Å². The third-order valence-corrected chi connectivity index (χ3v) is 6.58. The Morgan fingerprint density at radius 1 is 0.781 bits per heavy atom. The summed E-state index contributed by atoms with van der Waals surface area (Å²) in [5, 5.41) is 0. The number of benzene rings is 2. The number of rotatable bonds is 6. The van der Waals surface area contributed by atoms with Crippen molar-refractivity contribution in [2.75, 3.05) is 10.8 Å². The molecule has 0 aromatic heterocycles. The van der Waals surface area contributed by atoms with E-state index in [1.54, 1.807) is 0 Å². The highest BCUT2D eigenvalue weighted by molar-refractivity contribution is 14.1. The van der Waals surface area contributed by atoms with E-state index in [0.717, 1.165) is 12.1 Å². The average molecular weight is 607 g/mol. The summed E-state index contributed by atoms with van der Waals surface area (Å²) < 4.78 is 148. The van der Waals surface area contributed by atoms with E-state index in [-0.39, 0.29) is 16.4 Å². The molecule has 2 aromatic rings. The van der Waals surface area contributed by atoms with Crippen LogP contribution in [0.25, 0.3) is 0 Å². The first-order valence-electron chi connectivity index (χ1n) is 8.15. The SMILES string of the molecule is O=S(=O)(c1ccccc1)N(CC(F)(F)F)c1ccc(C(OI)(C(F)(F)F)C(F)(F)F)cc1. The van der Waals surface area contributed by atoms with Crippen LogP contribution in [0.5, 0.6) is 0 Å². The Kier molecular flexibility index (Phi) is 7.36. The second-order valence-electron chi connectivity index (χ2n) is 6.24. The van der Waals surface area contributed by atoms with E-state index >= 15 is 0 Å². The molecule has 0 aliphatic carbocycles. The van der Waals surface area contributed by atoms with Gasteiger partial charge >= 0.3 is 18.5 Å². The normalized spacial score (nSPS) is 13.8. The summed E-state index contributed by atoms with van der Waals surface area (Å²) in [6.07, 6.45) is -17.1. The summed E-state index contributed by atoms with van der Waals surface area (Å²) in [5.74, 6) is 0. The van der Waals surface area contributed by atoms with Crippen LogP contribution in [0.4, 0.5) is 45.2 Å². The Labute approximate surface area is 189 Å². The predicted octanol–water partition coefficient (Wildman–Crippen LogP) is 6.13. The number of sulfonamides is 1. The minimum absolute atomic E-state index is 0.167. The van der Waals surface area contributed by atoms with Crippen LogP contribution in [0.2, 0.25) is 0 Å². The zero-order valence-electron chi connectivity index (χ0n) is 15.3. The summed E-state index contributed by atoms with van der Waals surface area (Å²) in [6.45, 7) is -2.07. The largest absolute Gasteiger partial charge is 0.431 e. The minimum atomic E-state index is -5.99. The molecule has 0 fully saturated rings. The molecular weight excluding hydrogens is 596 g/mol. The lowest BCUT2D eigenvalue weighted by Crippen LogP contribution is -2.54. The maximum atomic E-state index is 13.3. The number of anilines is 1. The molecule has 0 spiro atoms. The van der Waals surface area contributed by atoms with E-state index in [9.17, 15) is 47.9 Å². The predicted molar refractivity (Wildman–Crippen MR) is 102 cm³/mol. The van der Waals surface area contributed by atoms with Gasteiger partial charge in [-0.25, -0.2) is 8.42 Å². The maximum absolute atomic E-state index is 13.3. The summed E-state index contributed by atoms with van der Waals surface area (Å²) in [7, 11) is -4.86. The Balaban J connectivity index is 2.64. The highest BCUT2D eigenvalue weighted by atomic mass is 127. The lowest BCUT2D eigenvalue weighted by atomic mass is 9.92.